The Morgan fingerprint density at radius 1 is 0.919 bits per heavy atom. The van der Waals surface area contributed by atoms with Gasteiger partial charge in [-0.05, 0) is 74.6 Å². The minimum atomic E-state index is 0.0709. The lowest BCUT2D eigenvalue weighted by Crippen LogP contribution is -2.10. The molecule has 0 aliphatic carbocycles. The van der Waals surface area contributed by atoms with Gasteiger partial charge in [-0.3, -0.25) is 4.98 Å². The second-order valence-electron chi connectivity index (χ2n) is 9.28. The summed E-state index contributed by atoms with van der Waals surface area (Å²) in [4.78, 5) is 13.4. The van der Waals surface area contributed by atoms with Crippen LogP contribution in [0.1, 0.15) is 62.0 Å². The Hall–Kier alpha value is -3.19. The maximum absolute atomic E-state index is 6.14. The van der Waals surface area contributed by atoms with Crippen molar-refractivity contribution in [2.24, 2.45) is 0 Å². The van der Waals surface area contributed by atoms with E-state index >= 15 is 0 Å². The van der Waals surface area contributed by atoms with Gasteiger partial charge in [0.1, 0.15) is 11.6 Å². The monoisotopic (exact) mass is 562 g/mol. The molecule has 0 fully saturated rings. The van der Waals surface area contributed by atoms with Gasteiger partial charge in [-0.2, -0.15) is 0 Å². The molecule has 0 spiro atoms. The van der Waals surface area contributed by atoms with E-state index in [-0.39, 0.29) is 6.04 Å². The first-order valence-electron chi connectivity index (χ1n) is 12.9. The van der Waals surface area contributed by atoms with Gasteiger partial charge in [0.2, 0.25) is 0 Å². The highest BCUT2D eigenvalue weighted by atomic mass is 79.9. The summed E-state index contributed by atoms with van der Waals surface area (Å²) in [5.74, 6) is 2.90. The fraction of sp³-hybridized carbons (Fsp3) is 0.367. The topological polar surface area (TPSA) is 69.2 Å². The van der Waals surface area contributed by atoms with Crippen molar-refractivity contribution in [1.82, 2.24) is 15.0 Å². The van der Waals surface area contributed by atoms with Crippen LogP contribution in [-0.2, 0) is 6.42 Å². The zero-order valence-corrected chi connectivity index (χ0v) is 23.4. The smallest absolute Gasteiger partial charge is 0.163 e. The molecule has 0 saturated carbocycles. The van der Waals surface area contributed by atoms with Gasteiger partial charge in [-0.1, -0.05) is 47.3 Å². The molecule has 37 heavy (non-hydrogen) atoms. The van der Waals surface area contributed by atoms with Crippen LogP contribution in [0.2, 0.25) is 0 Å². The van der Waals surface area contributed by atoms with Crippen LogP contribution in [0.4, 0.5) is 5.82 Å². The lowest BCUT2D eigenvalue weighted by atomic mass is 10.1. The molecule has 7 heteroatoms. The summed E-state index contributed by atoms with van der Waals surface area (Å²) in [5.41, 5.74) is 3.37. The Bertz CT molecular complexity index is 1300. The molecule has 0 saturated heterocycles. The van der Waals surface area contributed by atoms with E-state index in [1.165, 1.54) is 30.4 Å². The van der Waals surface area contributed by atoms with Crippen LogP contribution in [0.5, 0.6) is 11.5 Å². The third-order valence-corrected chi connectivity index (χ3v) is 6.90. The largest absolute Gasteiger partial charge is 0.493 e. The number of unbranched alkanes of at least 4 members (excludes halogenated alkanes) is 4. The Morgan fingerprint density at radius 2 is 1.70 bits per heavy atom. The van der Waals surface area contributed by atoms with Crippen molar-refractivity contribution in [2.75, 3.05) is 19.0 Å². The van der Waals surface area contributed by atoms with E-state index in [0.717, 1.165) is 46.2 Å². The van der Waals surface area contributed by atoms with Crippen LogP contribution in [0, 0.1) is 6.92 Å². The second kappa shape index (κ2) is 13.4. The number of pyridine rings is 1. The number of ether oxygens (including phenoxy) is 2. The molecule has 0 aliphatic heterocycles. The van der Waals surface area contributed by atoms with Crippen molar-refractivity contribution in [1.29, 1.82) is 0 Å². The lowest BCUT2D eigenvalue weighted by molar-refractivity contribution is 0.285. The minimum Gasteiger partial charge on any atom is -0.493 e. The number of hydrogen-bond donors (Lipinski definition) is 1. The van der Waals surface area contributed by atoms with Gasteiger partial charge in [-0.25, -0.2) is 9.97 Å². The Kier molecular flexibility index (Phi) is 9.71. The number of halogens is 1. The molecule has 4 aromatic rings. The molecule has 1 N–H and O–H groups in total. The SMILES string of the molecule is COc1cc2c(N[C@H](C)c3cccc(Br)c3)nc(C)nc2cc1OCCCCCCCc1ccncc1. The van der Waals surface area contributed by atoms with Crippen molar-refractivity contribution < 1.29 is 9.47 Å². The number of methoxy groups -OCH3 is 1. The molecule has 2 aromatic carbocycles. The Labute approximate surface area is 228 Å². The van der Waals surface area contributed by atoms with Crippen LogP contribution >= 0.6 is 15.9 Å². The van der Waals surface area contributed by atoms with Crippen molar-refractivity contribution in [3.05, 3.63) is 82.3 Å². The highest BCUT2D eigenvalue weighted by molar-refractivity contribution is 9.10. The summed E-state index contributed by atoms with van der Waals surface area (Å²) >= 11 is 3.56. The standard InChI is InChI=1S/C30H35BrN4O2/c1-21(24-11-9-12-25(31)18-24)33-30-26-19-28(36-3)29(20-27(26)34-22(2)35-30)37-17-8-6-4-5-7-10-23-13-15-32-16-14-23/h9,11-16,18-21H,4-8,10,17H2,1-3H3,(H,33,34,35)/t21-/m1/s1. The number of rotatable bonds is 13. The molecular weight excluding hydrogens is 528 g/mol. The summed E-state index contributed by atoms with van der Waals surface area (Å²) in [6, 6.07) is 16.5. The average molecular weight is 564 g/mol. The zero-order chi connectivity index (χ0) is 26.0. The number of nitrogens with one attached hydrogen (secondary N) is 1. The van der Waals surface area contributed by atoms with Crippen LogP contribution in [0.15, 0.2) is 65.4 Å². The van der Waals surface area contributed by atoms with Gasteiger partial charge in [0.25, 0.3) is 0 Å². The molecular formula is C30H35BrN4O2. The Balaban J connectivity index is 1.34. The van der Waals surface area contributed by atoms with E-state index in [0.29, 0.717) is 18.2 Å². The van der Waals surface area contributed by atoms with Gasteiger partial charge in [0.05, 0.1) is 25.3 Å². The minimum absolute atomic E-state index is 0.0709. The number of fused-ring (bicyclic) bond motifs is 1. The van der Waals surface area contributed by atoms with Gasteiger partial charge in [0.15, 0.2) is 11.5 Å². The van der Waals surface area contributed by atoms with E-state index in [1.807, 2.05) is 43.6 Å². The van der Waals surface area contributed by atoms with E-state index in [1.54, 1.807) is 7.11 Å². The molecule has 6 nitrogen and oxygen atoms in total. The fourth-order valence-corrected chi connectivity index (χ4v) is 4.81. The Morgan fingerprint density at radius 3 is 2.49 bits per heavy atom. The molecule has 2 aromatic heterocycles. The summed E-state index contributed by atoms with van der Waals surface area (Å²) < 4.78 is 12.9. The highest BCUT2D eigenvalue weighted by Gasteiger charge is 2.15. The third kappa shape index (κ3) is 7.65. The number of aryl methyl sites for hydroxylation is 2. The predicted octanol–water partition coefficient (Wildman–Crippen LogP) is 7.85. The molecule has 0 bridgehead atoms. The van der Waals surface area contributed by atoms with Gasteiger partial charge >= 0.3 is 0 Å². The maximum Gasteiger partial charge on any atom is 0.163 e. The second-order valence-corrected chi connectivity index (χ2v) is 10.2. The first-order valence-corrected chi connectivity index (χ1v) is 13.7. The number of anilines is 1. The molecule has 194 valence electrons. The van der Waals surface area contributed by atoms with Crippen LogP contribution in [0.25, 0.3) is 10.9 Å². The molecule has 1 atom stereocenters. The van der Waals surface area contributed by atoms with Crippen molar-refractivity contribution in [3.8, 4) is 11.5 Å². The number of nitrogens with zero attached hydrogens (tertiary/aromatic N) is 3. The van der Waals surface area contributed by atoms with Gasteiger partial charge in [-0.15, -0.1) is 0 Å². The number of hydrogen-bond acceptors (Lipinski definition) is 6. The lowest BCUT2D eigenvalue weighted by Gasteiger charge is -2.18. The number of aromatic nitrogens is 3. The van der Waals surface area contributed by atoms with E-state index in [9.17, 15) is 0 Å². The average Bonchev–Trinajstić information content (AvgIpc) is 2.90. The first kappa shape index (κ1) is 26.9. The van der Waals surface area contributed by atoms with Crippen molar-refractivity contribution >= 4 is 32.7 Å². The fourth-order valence-electron chi connectivity index (χ4n) is 4.39. The molecule has 4 rings (SSSR count). The van der Waals surface area contributed by atoms with E-state index in [2.05, 4.69) is 62.4 Å². The molecule has 2 heterocycles. The first-order chi connectivity index (χ1) is 18.0. The highest BCUT2D eigenvalue weighted by Crippen LogP contribution is 2.35. The maximum atomic E-state index is 6.14. The van der Waals surface area contributed by atoms with Crippen molar-refractivity contribution in [3.63, 3.8) is 0 Å². The van der Waals surface area contributed by atoms with Crippen molar-refractivity contribution in [2.45, 2.75) is 58.4 Å². The molecule has 0 unspecified atom stereocenters. The summed E-state index contributed by atoms with van der Waals surface area (Å²) in [6.07, 6.45) is 10.6. The quantitative estimate of drug-likeness (QED) is 0.167. The predicted molar refractivity (Wildman–Crippen MR) is 154 cm³/mol. The van der Waals surface area contributed by atoms with Gasteiger partial charge < -0.3 is 14.8 Å². The van der Waals surface area contributed by atoms with Crippen LogP contribution < -0.4 is 14.8 Å². The number of benzene rings is 2. The van der Waals surface area contributed by atoms with Crippen LogP contribution in [0.3, 0.4) is 0 Å². The summed E-state index contributed by atoms with van der Waals surface area (Å²) in [5, 5.41) is 4.46. The summed E-state index contributed by atoms with van der Waals surface area (Å²) in [7, 11) is 1.67. The molecule has 0 aliphatic rings. The molecule has 0 amide bonds. The normalized spacial score (nSPS) is 11.9. The third-order valence-electron chi connectivity index (χ3n) is 6.41. The summed E-state index contributed by atoms with van der Waals surface area (Å²) in [6.45, 7) is 4.69. The van der Waals surface area contributed by atoms with Gasteiger partial charge in [0, 0.05) is 28.3 Å². The molecule has 0 radical (unpaired) electrons. The van der Waals surface area contributed by atoms with E-state index < -0.39 is 0 Å². The zero-order valence-electron chi connectivity index (χ0n) is 21.8. The van der Waals surface area contributed by atoms with E-state index in [4.69, 9.17) is 14.5 Å². The van der Waals surface area contributed by atoms with Crippen LogP contribution in [-0.4, -0.2) is 28.7 Å².